The molecule has 0 bridgehead atoms. The van der Waals surface area contributed by atoms with Gasteiger partial charge in [0, 0.05) is 19.3 Å². The Kier molecular flexibility index (Phi) is 4.67. The van der Waals surface area contributed by atoms with E-state index in [4.69, 9.17) is 4.74 Å². The van der Waals surface area contributed by atoms with E-state index in [9.17, 15) is 8.42 Å². The van der Waals surface area contributed by atoms with Crippen molar-refractivity contribution in [3.63, 3.8) is 0 Å². The Hall–Kier alpha value is -2.71. The third kappa shape index (κ3) is 3.72. The summed E-state index contributed by atoms with van der Waals surface area (Å²) in [5.74, 6) is 1.32. The number of aromatic nitrogens is 3. The third-order valence-electron chi connectivity index (χ3n) is 4.63. The van der Waals surface area contributed by atoms with E-state index in [1.54, 1.807) is 41.3 Å². The van der Waals surface area contributed by atoms with Crippen molar-refractivity contribution in [2.24, 2.45) is 0 Å². The highest BCUT2D eigenvalue weighted by Crippen LogP contribution is 2.29. The van der Waals surface area contributed by atoms with Crippen LogP contribution in [0.15, 0.2) is 65.8 Å². The topological polar surface area (TPSA) is 77.3 Å². The summed E-state index contributed by atoms with van der Waals surface area (Å²) in [5.41, 5.74) is 1.10. The molecule has 2 aromatic carbocycles. The largest absolute Gasteiger partial charge is 0.457 e. The van der Waals surface area contributed by atoms with Gasteiger partial charge in [-0.3, -0.25) is 0 Å². The van der Waals surface area contributed by atoms with Crippen molar-refractivity contribution in [2.45, 2.75) is 24.3 Å². The van der Waals surface area contributed by atoms with Crippen molar-refractivity contribution in [3.05, 3.63) is 66.5 Å². The van der Waals surface area contributed by atoms with Crippen molar-refractivity contribution in [1.29, 1.82) is 0 Å². The van der Waals surface area contributed by atoms with Crippen molar-refractivity contribution < 1.29 is 13.2 Å². The third-order valence-corrected chi connectivity index (χ3v) is 6.51. The van der Waals surface area contributed by atoms with Gasteiger partial charge in [-0.2, -0.15) is 4.31 Å². The SMILES string of the molecule is Cc1cccc(Oc2ccc(S(=O)(=O)N3CCC(n4ccnn4)C3)cc2)c1. The van der Waals surface area contributed by atoms with Crippen LogP contribution in [0.5, 0.6) is 11.5 Å². The number of ether oxygens (including phenoxy) is 1. The van der Waals surface area contributed by atoms with Crippen LogP contribution in [-0.4, -0.2) is 40.8 Å². The minimum absolute atomic E-state index is 0.0196. The van der Waals surface area contributed by atoms with Gasteiger partial charge in [-0.15, -0.1) is 5.10 Å². The summed E-state index contributed by atoms with van der Waals surface area (Å²) >= 11 is 0. The molecule has 1 aliphatic rings. The van der Waals surface area contributed by atoms with Crippen molar-refractivity contribution >= 4 is 10.0 Å². The normalized spacial score (nSPS) is 17.9. The Morgan fingerprint density at radius 1 is 1.11 bits per heavy atom. The first-order valence-electron chi connectivity index (χ1n) is 8.73. The molecule has 7 nitrogen and oxygen atoms in total. The first-order valence-corrected chi connectivity index (χ1v) is 10.2. The number of hydrogen-bond acceptors (Lipinski definition) is 5. The van der Waals surface area contributed by atoms with Crippen LogP contribution in [0.3, 0.4) is 0 Å². The summed E-state index contributed by atoms with van der Waals surface area (Å²) in [5, 5.41) is 7.77. The molecule has 0 spiro atoms. The Labute approximate surface area is 158 Å². The van der Waals surface area contributed by atoms with Gasteiger partial charge >= 0.3 is 0 Å². The quantitative estimate of drug-likeness (QED) is 0.676. The van der Waals surface area contributed by atoms with Gasteiger partial charge in [-0.25, -0.2) is 13.1 Å². The molecule has 27 heavy (non-hydrogen) atoms. The molecule has 1 aromatic heterocycles. The fourth-order valence-corrected chi connectivity index (χ4v) is 4.69. The number of benzene rings is 2. The zero-order valence-corrected chi connectivity index (χ0v) is 15.7. The van der Waals surface area contributed by atoms with Gasteiger partial charge in [0.15, 0.2) is 0 Å². The maximum absolute atomic E-state index is 12.9. The van der Waals surface area contributed by atoms with Crippen molar-refractivity contribution in [3.8, 4) is 11.5 Å². The fraction of sp³-hybridized carbons (Fsp3) is 0.263. The van der Waals surface area contributed by atoms with Crippen molar-refractivity contribution in [2.75, 3.05) is 13.1 Å². The smallest absolute Gasteiger partial charge is 0.243 e. The van der Waals surface area contributed by atoms with E-state index in [-0.39, 0.29) is 10.9 Å². The van der Waals surface area contributed by atoms with E-state index < -0.39 is 10.0 Å². The molecule has 0 saturated carbocycles. The summed E-state index contributed by atoms with van der Waals surface area (Å²) in [6.45, 7) is 2.85. The maximum Gasteiger partial charge on any atom is 0.243 e. The second kappa shape index (κ2) is 7.13. The summed E-state index contributed by atoms with van der Waals surface area (Å²) in [4.78, 5) is 0.262. The average molecular weight is 384 g/mol. The van der Waals surface area contributed by atoms with Gasteiger partial charge < -0.3 is 4.74 Å². The molecule has 0 N–H and O–H groups in total. The Morgan fingerprint density at radius 2 is 1.93 bits per heavy atom. The Morgan fingerprint density at radius 3 is 2.63 bits per heavy atom. The molecule has 0 aliphatic carbocycles. The lowest BCUT2D eigenvalue weighted by molar-refractivity contribution is 0.428. The summed E-state index contributed by atoms with van der Waals surface area (Å²) in [7, 11) is -3.54. The monoisotopic (exact) mass is 384 g/mol. The molecule has 0 amide bonds. The fourth-order valence-electron chi connectivity index (χ4n) is 3.20. The minimum atomic E-state index is -3.54. The van der Waals surface area contributed by atoms with E-state index in [2.05, 4.69) is 10.3 Å². The predicted molar refractivity (Wildman–Crippen MR) is 100 cm³/mol. The van der Waals surface area contributed by atoms with E-state index >= 15 is 0 Å². The lowest BCUT2D eigenvalue weighted by atomic mass is 10.2. The minimum Gasteiger partial charge on any atom is -0.457 e. The summed E-state index contributed by atoms with van der Waals surface area (Å²) < 4.78 is 34.8. The highest BCUT2D eigenvalue weighted by Gasteiger charge is 2.33. The second-order valence-electron chi connectivity index (χ2n) is 6.58. The van der Waals surface area contributed by atoms with Gasteiger partial charge in [0.25, 0.3) is 0 Å². The second-order valence-corrected chi connectivity index (χ2v) is 8.52. The first-order chi connectivity index (χ1) is 13.0. The van der Waals surface area contributed by atoms with Crippen LogP contribution in [0.4, 0.5) is 0 Å². The summed E-state index contributed by atoms with van der Waals surface area (Å²) in [6.07, 6.45) is 4.08. The van der Waals surface area contributed by atoms with E-state index in [0.29, 0.717) is 18.8 Å². The molecule has 0 radical (unpaired) electrons. The van der Waals surface area contributed by atoms with Crippen LogP contribution >= 0.6 is 0 Å². The van der Waals surface area contributed by atoms with Crippen LogP contribution < -0.4 is 4.74 Å². The molecular formula is C19H20N4O3S. The molecule has 1 unspecified atom stereocenters. The summed E-state index contributed by atoms with van der Waals surface area (Å²) in [6, 6.07) is 14.3. The molecule has 2 heterocycles. The molecular weight excluding hydrogens is 364 g/mol. The molecule has 1 fully saturated rings. The van der Waals surface area contributed by atoms with Crippen molar-refractivity contribution in [1.82, 2.24) is 19.3 Å². The highest BCUT2D eigenvalue weighted by atomic mass is 32.2. The maximum atomic E-state index is 12.9. The van der Waals surface area contributed by atoms with Gasteiger partial charge in [-0.05, 0) is 55.3 Å². The zero-order valence-electron chi connectivity index (χ0n) is 14.9. The van der Waals surface area contributed by atoms with Gasteiger partial charge in [-0.1, -0.05) is 17.3 Å². The van der Waals surface area contributed by atoms with Crippen LogP contribution in [0.2, 0.25) is 0 Å². The molecule has 1 aliphatic heterocycles. The Bertz CT molecular complexity index is 1020. The van der Waals surface area contributed by atoms with Crippen LogP contribution in [0.25, 0.3) is 0 Å². The average Bonchev–Trinajstić information content (AvgIpc) is 3.34. The van der Waals surface area contributed by atoms with Crippen LogP contribution in [0.1, 0.15) is 18.0 Å². The first kappa shape index (κ1) is 17.7. The standard InChI is InChI=1S/C19H20N4O3S/c1-15-3-2-4-18(13-15)26-17-5-7-19(8-6-17)27(24,25)22-11-9-16(14-22)23-12-10-20-21-23/h2-8,10,12-13,16H,9,11,14H2,1H3. The number of hydrogen-bond donors (Lipinski definition) is 0. The highest BCUT2D eigenvalue weighted by molar-refractivity contribution is 7.89. The molecule has 140 valence electrons. The van der Waals surface area contributed by atoms with E-state index in [1.807, 2.05) is 31.2 Å². The van der Waals surface area contributed by atoms with E-state index in [0.717, 1.165) is 17.7 Å². The van der Waals surface area contributed by atoms with Gasteiger partial charge in [0.2, 0.25) is 10.0 Å². The van der Waals surface area contributed by atoms with Crippen LogP contribution in [0, 0.1) is 6.92 Å². The molecule has 4 rings (SSSR count). The lowest BCUT2D eigenvalue weighted by Crippen LogP contribution is -2.29. The number of rotatable bonds is 5. The predicted octanol–water partition coefficient (Wildman–Crippen LogP) is 3.01. The Balaban J connectivity index is 1.48. The molecule has 1 atom stereocenters. The van der Waals surface area contributed by atoms with E-state index in [1.165, 1.54) is 4.31 Å². The van der Waals surface area contributed by atoms with Gasteiger partial charge in [0.05, 0.1) is 17.1 Å². The van der Waals surface area contributed by atoms with Gasteiger partial charge in [0.1, 0.15) is 11.5 Å². The number of sulfonamides is 1. The number of aryl methyl sites for hydroxylation is 1. The zero-order chi connectivity index (χ0) is 18.9. The lowest BCUT2D eigenvalue weighted by Gasteiger charge is -2.17. The molecule has 3 aromatic rings. The number of nitrogens with zero attached hydrogens (tertiary/aromatic N) is 4. The molecule has 8 heteroatoms. The molecule has 1 saturated heterocycles. The van der Waals surface area contributed by atoms with Crippen LogP contribution in [-0.2, 0) is 10.0 Å².